The highest BCUT2D eigenvalue weighted by Crippen LogP contribution is 2.34. The lowest BCUT2D eigenvalue weighted by molar-refractivity contribution is 0.333. The van der Waals surface area contributed by atoms with Crippen molar-refractivity contribution in [3.8, 4) is 11.5 Å². The van der Waals surface area contributed by atoms with Gasteiger partial charge in [0.1, 0.15) is 11.5 Å². The first-order valence-electron chi connectivity index (χ1n) is 6.42. The third-order valence-electron chi connectivity index (χ3n) is 3.48. The molecular weight excluding hydrogens is 294 g/mol. The van der Waals surface area contributed by atoms with E-state index in [-0.39, 0.29) is 6.92 Å². The van der Waals surface area contributed by atoms with Gasteiger partial charge in [-0.1, -0.05) is 36.1 Å². The molecule has 5 heteroatoms. The number of fused-ring (bicyclic) bond motifs is 1. The first-order chi connectivity index (χ1) is 9.54. The van der Waals surface area contributed by atoms with E-state index in [0.29, 0.717) is 22.4 Å². The van der Waals surface area contributed by atoms with E-state index in [1.165, 1.54) is 5.46 Å². The molecule has 2 aromatic carbocycles. The van der Waals surface area contributed by atoms with Crippen LogP contribution in [0.5, 0.6) is 11.5 Å². The van der Waals surface area contributed by atoms with Crippen LogP contribution in [-0.4, -0.2) is 6.92 Å². The molecule has 0 fully saturated rings. The van der Waals surface area contributed by atoms with Gasteiger partial charge in [-0.25, -0.2) is 0 Å². The van der Waals surface area contributed by atoms with Gasteiger partial charge in [-0.05, 0) is 41.7 Å². The Morgan fingerprint density at radius 1 is 1.15 bits per heavy atom. The molecule has 0 bridgehead atoms. The van der Waals surface area contributed by atoms with Crippen molar-refractivity contribution >= 4 is 35.6 Å². The third-order valence-corrected chi connectivity index (χ3v) is 4.18. The van der Waals surface area contributed by atoms with E-state index in [9.17, 15) is 0 Å². The van der Waals surface area contributed by atoms with Gasteiger partial charge < -0.3 is 9.39 Å². The Balaban J connectivity index is 1.91. The van der Waals surface area contributed by atoms with Crippen molar-refractivity contribution in [3.05, 3.63) is 51.5 Å². The average Bonchev–Trinajstić information content (AvgIpc) is 2.77. The molecule has 0 aromatic heterocycles. The smallest absolute Gasteiger partial charge is 0.324 e. The molecule has 2 aromatic rings. The average molecular weight is 307 g/mol. The minimum absolute atomic E-state index is 0.149. The lowest BCUT2D eigenvalue weighted by Gasteiger charge is -2.10. The molecule has 0 saturated heterocycles. The number of rotatable bonds is 2. The summed E-state index contributed by atoms with van der Waals surface area (Å²) in [6.07, 6.45) is 0. The summed E-state index contributed by atoms with van der Waals surface area (Å²) in [7, 11) is 0. The first-order valence-corrected chi connectivity index (χ1v) is 7.18. The zero-order chi connectivity index (χ0) is 14.3. The summed E-state index contributed by atoms with van der Waals surface area (Å²) in [6.45, 7) is 4.72. The zero-order valence-corrected chi connectivity index (χ0v) is 12.8. The second kappa shape index (κ2) is 5.32. The fraction of sp³-hybridized carbons (Fsp3) is 0.200. The Bertz CT molecular complexity index is 673. The molecule has 102 valence electrons. The minimum atomic E-state index is 0.149. The van der Waals surface area contributed by atoms with Gasteiger partial charge in [-0.2, -0.15) is 0 Å². The summed E-state index contributed by atoms with van der Waals surface area (Å²) in [5.41, 5.74) is 3.30. The van der Waals surface area contributed by atoms with Crippen molar-refractivity contribution in [1.29, 1.82) is 0 Å². The van der Waals surface area contributed by atoms with E-state index in [2.05, 4.69) is 0 Å². The topological polar surface area (TPSA) is 18.5 Å². The zero-order valence-electron chi connectivity index (χ0n) is 11.2. The number of aryl methyl sites for hydroxylation is 1. The Hall–Kier alpha value is -1.16. The molecule has 0 saturated carbocycles. The fourth-order valence-corrected chi connectivity index (χ4v) is 2.72. The Labute approximate surface area is 128 Å². The van der Waals surface area contributed by atoms with Crippen molar-refractivity contribution in [3.63, 3.8) is 0 Å². The van der Waals surface area contributed by atoms with Crippen molar-refractivity contribution in [2.75, 3.05) is 0 Å². The van der Waals surface area contributed by atoms with E-state index >= 15 is 0 Å². The molecule has 0 aliphatic carbocycles. The molecule has 0 spiro atoms. The molecule has 1 aliphatic rings. The maximum atomic E-state index is 6.18. The normalized spacial score (nSPS) is 13.5. The van der Waals surface area contributed by atoms with E-state index < -0.39 is 0 Å². The SMILES string of the molecule is CB1OCc2cc(Oc3cc(Cl)c(C)cc3Cl)ccc21. The van der Waals surface area contributed by atoms with Crippen LogP contribution in [-0.2, 0) is 11.3 Å². The highest BCUT2D eigenvalue weighted by molar-refractivity contribution is 6.67. The van der Waals surface area contributed by atoms with Crippen LogP contribution in [0.3, 0.4) is 0 Å². The Morgan fingerprint density at radius 3 is 2.75 bits per heavy atom. The molecule has 0 radical (unpaired) electrons. The maximum Gasteiger partial charge on any atom is 0.324 e. The van der Waals surface area contributed by atoms with Crippen molar-refractivity contribution < 1.29 is 9.39 Å². The van der Waals surface area contributed by atoms with Gasteiger partial charge in [0, 0.05) is 11.1 Å². The van der Waals surface area contributed by atoms with E-state index in [1.54, 1.807) is 12.1 Å². The molecule has 1 heterocycles. The van der Waals surface area contributed by atoms with Crippen LogP contribution in [0, 0.1) is 6.92 Å². The molecule has 0 atom stereocenters. The molecule has 20 heavy (non-hydrogen) atoms. The lowest BCUT2D eigenvalue weighted by Crippen LogP contribution is -2.23. The van der Waals surface area contributed by atoms with Crippen LogP contribution in [0.25, 0.3) is 0 Å². The monoisotopic (exact) mass is 306 g/mol. The van der Waals surface area contributed by atoms with Crippen molar-refractivity contribution in [2.24, 2.45) is 0 Å². The van der Waals surface area contributed by atoms with Crippen molar-refractivity contribution in [1.82, 2.24) is 0 Å². The summed E-state index contributed by atoms with van der Waals surface area (Å²) in [5.74, 6) is 1.30. The van der Waals surface area contributed by atoms with Crippen LogP contribution in [0.4, 0.5) is 0 Å². The Kier molecular flexibility index (Phi) is 3.68. The van der Waals surface area contributed by atoms with Gasteiger partial charge >= 0.3 is 6.92 Å². The number of hydrogen-bond donors (Lipinski definition) is 0. The molecule has 3 rings (SSSR count). The summed E-state index contributed by atoms with van der Waals surface area (Å²) >= 11 is 12.3. The van der Waals surface area contributed by atoms with E-state index in [4.69, 9.17) is 32.6 Å². The van der Waals surface area contributed by atoms with E-state index in [0.717, 1.165) is 16.9 Å². The number of ether oxygens (including phenoxy) is 1. The highest BCUT2D eigenvalue weighted by Gasteiger charge is 2.23. The highest BCUT2D eigenvalue weighted by atomic mass is 35.5. The second-order valence-electron chi connectivity index (χ2n) is 4.95. The molecule has 0 amide bonds. The van der Waals surface area contributed by atoms with Crippen LogP contribution in [0.2, 0.25) is 16.9 Å². The molecular formula is C15H13BCl2O2. The number of benzene rings is 2. The standard InChI is InChI=1S/C15H13BCl2O2/c1-9-5-14(18)15(7-13(9)17)20-11-3-4-12-10(6-11)8-19-16(12)2/h3-7H,8H2,1-2H3. The first kappa shape index (κ1) is 13.8. The molecule has 0 N–H and O–H groups in total. The summed E-state index contributed by atoms with van der Waals surface area (Å²) < 4.78 is 11.4. The predicted molar refractivity (Wildman–Crippen MR) is 83.8 cm³/mol. The number of hydrogen-bond acceptors (Lipinski definition) is 2. The minimum Gasteiger partial charge on any atom is -0.456 e. The van der Waals surface area contributed by atoms with Gasteiger partial charge in [-0.3, -0.25) is 0 Å². The Morgan fingerprint density at radius 2 is 1.95 bits per heavy atom. The summed E-state index contributed by atoms with van der Waals surface area (Å²) in [4.78, 5) is 0. The predicted octanol–water partition coefficient (Wildman–Crippen LogP) is 4.45. The van der Waals surface area contributed by atoms with E-state index in [1.807, 2.05) is 31.9 Å². The fourth-order valence-electron chi connectivity index (χ4n) is 2.30. The van der Waals surface area contributed by atoms with Crippen LogP contribution >= 0.6 is 23.2 Å². The quantitative estimate of drug-likeness (QED) is 0.763. The summed E-state index contributed by atoms with van der Waals surface area (Å²) in [5, 5.41) is 1.19. The van der Waals surface area contributed by atoms with Crippen LogP contribution < -0.4 is 10.2 Å². The van der Waals surface area contributed by atoms with Gasteiger partial charge in [-0.15, -0.1) is 0 Å². The van der Waals surface area contributed by atoms with Gasteiger partial charge in [0.15, 0.2) is 0 Å². The second-order valence-corrected chi connectivity index (χ2v) is 5.76. The van der Waals surface area contributed by atoms with Crippen LogP contribution in [0.15, 0.2) is 30.3 Å². The van der Waals surface area contributed by atoms with Crippen LogP contribution in [0.1, 0.15) is 11.1 Å². The van der Waals surface area contributed by atoms with Gasteiger partial charge in [0.2, 0.25) is 0 Å². The molecule has 2 nitrogen and oxygen atoms in total. The van der Waals surface area contributed by atoms with Gasteiger partial charge in [0.05, 0.1) is 11.6 Å². The lowest BCUT2D eigenvalue weighted by atomic mass is 9.64. The number of halogens is 2. The third kappa shape index (κ3) is 2.53. The largest absolute Gasteiger partial charge is 0.456 e. The summed E-state index contributed by atoms with van der Waals surface area (Å²) in [6, 6.07) is 9.49. The molecule has 1 aliphatic heterocycles. The molecule has 0 unspecified atom stereocenters. The maximum absolute atomic E-state index is 6.18. The van der Waals surface area contributed by atoms with Crippen molar-refractivity contribution in [2.45, 2.75) is 20.4 Å². The van der Waals surface area contributed by atoms with Gasteiger partial charge in [0.25, 0.3) is 0 Å².